The number of benzene rings is 4. The number of rotatable bonds is 1. The van der Waals surface area contributed by atoms with Crippen LogP contribution in [0.3, 0.4) is 0 Å². The second-order valence-corrected chi connectivity index (χ2v) is 5.52. The molecule has 0 aromatic heterocycles. The van der Waals surface area contributed by atoms with Crippen molar-refractivity contribution in [2.45, 2.75) is 6.92 Å². The third-order valence-corrected chi connectivity index (χ3v) is 4.33. The Kier molecular flexibility index (Phi) is 2.63. The predicted octanol–water partition coefficient (Wildman–Crippen LogP) is 5.36. The number of hydrogen-bond donors (Lipinski definition) is 0. The van der Waals surface area contributed by atoms with Gasteiger partial charge in [0.1, 0.15) is 0 Å². The van der Waals surface area contributed by atoms with Crippen molar-refractivity contribution in [3.8, 4) is 0 Å². The molecule has 22 heavy (non-hydrogen) atoms. The molecule has 4 aromatic carbocycles. The minimum atomic E-state index is -0.295. The zero-order valence-electron chi connectivity index (χ0n) is 12.0. The maximum absolute atomic E-state index is 11.4. The second-order valence-electron chi connectivity index (χ2n) is 5.52. The molecule has 3 nitrogen and oxygen atoms in total. The molecule has 0 N–H and O–H groups in total. The lowest BCUT2D eigenvalue weighted by Gasteiger charge is -2.10. The highest BCUT2D eigenvalue weighted by atomic mass is 16.6. The molecule has 106 valence electrons. The van der Waals surface area contributed by atoms with Gasteiger partial charge < -0.3 is 0 Å². The molecule has 0 aliphatic carbocycles. The number of nitro benzene ring substituents is 1. The van der Waals surface area contributed by atoms with E-state index in [-0.39, 0.29) is 10.6 Å². The fraction of sp³-hybridized carbons (Fsp3) is 0.0526. The Morgan fingerprint density at radius 2 is 1.41 bits per heavy atom. The number of nitro groups is 1. The van der Waals surface area contributed by atoms with Crippen molar-refractivity contribution in [2.24, 2.45) is 0 Å². The number of nitrogens with zero attached hydrogens (tertiary/aromatic N) is 1. The van der Waals surface area contributed by atoms with Crippen LogP contribution in [-0.2, 0) is 0 Å². The summed E-state index contributed by atoms with van der Waals surface area (Å²) in [7, 11) is 0. The Hall–Kier alpha value is -2.94. The second kappa shape index (κ2) is 4.53. The van der Waals surface area contributed by atoms with Crippen LogP contribution in [0.15, 0.2) is 60.7 Å². The number of fused-ring (bicyclic) bond motifs is 4. The fourth-order valence-electron chi connectivity index (χ4n) is 3.26. The van der Waals surface area contributed by atoms with Crippen LogP contribution in [0.2, 0.25) is 0 Å². The smallest absolute Gasteiger partial charge is 0.258 e. The minimum absolute atomic E-state index is 0.168. The molecule has 3 heteroatoms. The maximum atomic E-state index is 11.4. The van der Waals surface area contributed by atoms with E-state index in [4.69, 9.17) is 0 Å². The van der Waals surface area contributed by atoms with Crippen molar-refractivity contribution in [2.75, 3.05) is 0 Å². The van der Waals surface area contributed by atoms with Crippen LogP contribution < -0.4 is 0 Å². The molecule has 0 atom stereocenters. The maximum Gasteiger partial charge on any atom is 0.277 e. The summed E-state index contributed by atoms with van der Waals surface area (Å²) >= 11 is 0. The molecular formula is C19H13NO2. The molecule has 0 heterocycles. The third-order valence-electron chi connectivity index (χ3n) is 4.33. The van der Waals surface area contributed by atoms with Gasteiger partial charge >= 0.3 is 0 Å². The largest absolute Gasteiger partial charge is 0.277 e. The summed E-state index contributed by atoms with van der Waals surface area (Å²) in [5.41, 5.74) is 1.25. The van der Waals surface area contributed by atoms with Crippen molar-refractivity contribution in [3.05, 3.63) is 76.3 Å². The van der Waals surface area contributed by atoms with E-state index in [0.717, 1.165) is 32.5 Å². The highest BCUT2D eigenvalue weighted by Crippen LogP contribution is 2.37. The normalized spacial score (nSPS) is 11.3. The molecule has 0 saturated heterocycles. The molecule has 4 aromatic rings. The zero-order chi connectivity index (χ0) is 15.3. The highest BCUT2D eigenvalue weighted by molar-refractivity contribution is 6.16. The molecule has 0 amide bonds. The van der Waals surface area contributed by atoms with Gasteiger partial charge in [-0.3, -0.25) is 10.1 Å². The van der Waals surface area contributed by atoms with Gasteiger partial charge in [0.15, 0.2) is 0 Å². The lowest BCUT2D eigenvalue weighted by atomic mass is 9.93. The van der Waals surface area contributed by atoms with E-state index < -0.39 is 0 Å². The summed E-state index contributed by atoms with van der Waals surface area (Å²) in [6.07, 6.45) is 0. The van der Waals surface area contributed by atoms with Crippen LogP contribution in [0.5, 0.6) is 0 Å². The summed E-state index contributed by atoms with van der Waals surface area (Å²) < 4.78 is 0. The van der Waals surface area contributed by atoms with Crippen LogP contribution in [0.4, 0.5) is 5.69 Å². The summed E-state index contributed by atoms with van der Waals surface area (Å²) in [5.74, 6) is 0. The van der Waals surface area contributed by atoms with Gasteiger partial charge in [-0.15, -0.1) is 0 Å². The summed E-state index contributed by atoms with van der Waals surface area (Å²) in [6, 6.07) is 19.5. The Labute approximate surface area is 126 Å². The van der Waals surface area contributed by atoms with Crippen molar-refractivity contribution < 1.29 is 4.92 Å². The molecule has 0 fully saturated rings. The molecule has 0 bridgehead atoms. The van der Waals surface area contributed by atoms with Gasteiger partial charge in [-0.2, -0.15) is 0 Å². The minimum Gasteiger partial charge on any atom is -0.258 e. The Balaban J connectivity index is 2.32. The van der Waals surface area contributed by atoms with Gasteiger partial charge in [-0.1, -0.05) is 42.5 Å². The van der Waals surface area contributed by atoms with Crippen LogP contribution >= 0.6 is 0 Å². The summed E-state index contributed by atoms with van der Waals surface area (Å²) in [6.45, 7) is 2.03. The van der Waals surface area contributed by atoms with Crippen molar-refractivity contribution in [3.63, 3.8) is 0 Å². The lowest BCUT2D eigenvalue weighted by Crippen LogP contribution is -1.92. The molecule has 0 radical (unpaired) electrons. The van der Waals surface area contributed by atoms with E-state index in [1.54, 1.807) is 6.07 Å². The van der Waals surface area contributed by atoms with Gasteiger partial charge in [-0.05, 0) is 51.6 Å². The topological polar surface area (TPSA) is 43.1 Å². The fourth-order valence-corrected chi connectivity index (χ4v) is 3.26. The average Bonchev–Trinajstić information content (AvgIpc) is 2.54. The molecule has 0 saturated carbocycles. The van der Waals surface area contributed by atoms with E-state index in [0.29, 0.717) is 5.39 Å². The van der Waals surface area contributed by atoms with E-state index in [1.807, 2.05) is 43.3 Å². The van der Waals surface area contributed by atoms with Gasteiger partial charge in [0.2, 0.25) is 0 Å². The number of non-ortho nitro benzene ring substituents is 1. The number of aryl methyl sites for hydroxylation is 1. The van der Waals surface area contributed by atoms with Gasteiger partial charge in [-0.25, -0.2) is 0 Å². The molecule has 4 rings (SSSR count). The van der Waals surface area contributed by atoms with Crippen LogP contribution in [0.1, 0.15) is 5.56 Å². The van der Waals surface area contributed by atoms with Gasteiger partial charge in [0.25, 0.3) is 5.69 Å². The van der Waals surface area contributed by atoms with Gasteiger partial charge in [0, 0.05) is 6.07 Å². The lowest BCUT2D eigenvalue weighted by molar-refractivity contribution is -0.382. The first-order chi connectivity index (χ1) is 10.7. The van der Waals surface area contributed by atoms with E-state index in [2.05, 4.69) is 18.2 Å². The van der Waals surface area contributed by atoms with Crippen molar-refractivity contribution >= 4 is 38.0 Å². The van der Waals surface area contributed by atoms with Crippen LogP contribution in [0, 0.1) is 17.0 Å². The van der Waals surface area contributed by atoms with E-state index >= 15 is 0 Å². The van der Waals surface area contributed by atoms with Crippen LogP contribution in [-0.4, -0.2) is 4.92 Å². The Bertz CT molecular complexity index is 1070. The molecular weight excluding hydrogens is 274 g/mol. The molecule has 0 spiro atoms. The van der Waals surface area contributed by atoms with Crippen molar-refractivity contribution in [1.82, 2.24) is 0 Å². The number of hydrogen-bond acceptors (Lipinski definition) is 2. The standard InChI is InChI=1S/C19H13NO2/c1-12-14-7-3-2-6-13(14)10-18-15-8-4-5-9-16(15)19(20(21)22)11-17(12)18/h2-11H,1H3. The third kappa shape index (κ3) is 1.69. The average molecular weight is 287 g/mol. The summed E-state index contributed by atoms with van der Waals surface area (Å²) in [4.78, 5) is 11.1. The quantitative estimate of drug-likeness (QED) is 0.204. The van der Waals surface area contributed by atoms with E-state index in [1.165, 1.54) is 0 Å². The van der Waals surface area contributed by atoms with Gasteiger partial charge in [0.05, 0.1) is 10.3 Å². The van der Waals surface area contributed by atoms with Crippen molar-refractivity contribution in [1.29, 1.82) is 0 Å². The molecule has 0 unspecified atom stereocenters. The first kappa shape index (κ1) is 12.8. The summed E-state index contributed by atoms with van der Waals surface area (Å²) in [5, 5.41) is 17.4. The highest BCUT2D eigenvalue weighted by Gasteiger charge is 2.16. The predicted molar refractivity (Wildman–Crippen MR) is 90.4 cm³/mol. The Morgan fingerprint density at radius 3 is 2.14 bits per heavy atom. The van der Waals surface area contributed by atoms with Crippen LogP contribution in [0.25, 0.3) is 32.3 Å². The Morgan fingerprint density at radius 1 is 0.773 bits per heavy atom. The zero-order valence-corrected chi connectivity index (χ0v) is 12.0. The monoisotopic (exact) mass is 287 g/mol. The molecule has 0 aliphatic rings. The first-order valence-corrected chi connectivity index (χ1v) is 7.15. The SMILES string of the molecule is Cc1c2ccccc2cc2c1cc([N+](=O)[O-])c1ccccc12. The molecule has 0 aliphatic heterocycles. The van der Waals surface area contributed by atoms with E-state index in [9.17, 15) is 10.1 Å². The first-order valence-electron chi connectivity index (χ1n) is 7.15.